The molecule has 1 aliphatic heterocycles. The minimum atomic E-state index is -1.21. The van der Waals surface area contributed by atoms with Gasteiger partial charge in [0.1, 0.15) is 12.2 Å². The first-order chi connectivity index (χ1) is 18.3. The number of esters is 2. The number of carbonyl (C=O) groups is 3. The largest absolute Gasteiger partial charge is 0.504 e. The predicted octanol–water partition coefficient (Wildman–Crippen LogP) is 2.14. The number of aliphatic hydroxyl groups excluding tert-OH is 2. The van der Waals surface area contributed by atoms with Crippen LogP contribution in [-0.4, -0.2) is 104 Å². The number of fused-ring (bicyclic) bond motifs is 4. The molecule has 4 aliphatic rings. The van der Waals surface area contributed by atoms with Gasteiger partial charge in [0.2, 0.25) is 5.78 Å². The van der Waals surface area contributed by atoms with E-state index < -0.39 is 52.6 Å². The lowest BCUT2D eigenvalue weighted by Crippen LogP contribution is -2.57. The first-order valence-electron chi connectivity index (χ1n) is 13.6. The number of aliphatic hydroxyl groups is 2. The standard InChI is InChI=1S/C29H42N2O8/c1-16(32)38-19-13-28(2)18(9-10-20(28)33)22-24(19)29(3)21(15-37-7)39-27(36)17(23(29)26(35)25(22)34)14-31(6)12-8-11-30(4)5/h14,18-21,33,35H,8-13,15H2,1-7H3/t18-,19+,20-,21+,28-,29-/m0/s1. The van der Waals surface area contributed by atoms with Gasteiger partial charge in [0.25, 0.3) is 0 Å². The highest BCUT2D eigenvalue weighted by Gasteiger charge is 2.64. The molecule has 2 fully saturated rings. The van der Waals surface area contributed by atoms with E-state index in [-0.39, 0.29) is 23.7 Å². The average Bonchev–Trinajstić information content (AvgIpc) is 3.13. The number of allylic oxidation sites excluding steroid dienone is 1. The molecule has 0 bridgehead atoms. The lowest BCUT2D eigenvalue weighted by Gasteiger charge is -2.54. The highest BCUT2D eigenvalue weighted by Crippen LogP contribution is 2.63. The van der Waals surface area contributed by atoms with Crippen LogP contribution in [0.2, 0.25) is 0 Å². The van der Waals surface area contributed by atoms with E-state index in [1.165, 1.54) is 14.0 Å². The van der Waals surface area contributed by atoms with Crippen LogP contribution in [0.25, 0.3) is 0 Å². The Morgan fingerprint density at radius 3 is 2.49 bits per heavy atom. The average molecular weight is 547 g/mol. The number of cyclic esters (lactones) is 1. The molecule has 0 unspecified atom stereocenters. The molecule has 10 nitrogen and oxygen atoms in total. The van der Waals surface area contributed by atoms with E-state index in [0.29, 0.717) is 37.0 Å². The zero-order chi connectivity index (χ0) is 28.9. The fraction of sp³-hybridized carbons (Fsp3) is 0.690. The van der Waals surface area contributed by atoms with Gasteiger partial charge in [-0.2, -0.15) is 0 Å². The van der Waals surface area contributed by atoms with Crippen molar-refractivity contribution in [1.82, 2.24) is 9.80 Å². The van der Waals surface area contributed by atoms with Gasteiger partial charge in [-0.3, -0.25) is 9.59 Å². The number of ether oxygens (including phenoxy) is 3. The number of Topliss-reactive ketones (excluding diaryl/α,β-unsaturated/α-hetero) is 1. The van der Waals surface area contributed by atoms with Crippen LogP contribution in [0.15, 0.2) is 34.3 Å². The third kappa shape index (κ3) is 4.80. The molecule has 0 aromatic rings. The maximum absolute atomic E-state index is 14.0. The fourth-order valence-electron chi connectivity index (χ4n) is 7.19. The van der Waals surface area contributed by atoms with Gasteiger partial charge in [0.05, 0.1) is 23.7 Å². The minimum Gasteiger partial charge on any atom is -0.504 e. The van der Waals surface area contributed by atoms with Crippen molar-refractivity contribution in [3.8, 4) is 0 Å². The summed E-state index contributed by atoms with van der Waals surface area (Å²) in [6, 6.07) is 0. The second kappa shape index (κ2) is 10.7. The van der Waals surface area contributed by atoms with Gasteiger partial charge in [-0.25, -0.2) is 4.79 Å². The zero-order valence-corrected chi connectivity index (χ0v) is 24.1. The van der Waals surface area contributed by atoms with Crippen molar-refractivity contribution >= 4 is 17.7 Å². The molecule has 0 spiro atoms. The van der Waals surface area contributed by atoms with Crippen molar-refractivity contribution in [1.29, 1.82) is 0 Å². The summed E-state index contributed by atoms with van der Waals surface area (Å²) in [6.07, 6.45) is 1.40. The van der Waals surface area contributed by atoms with Crippen molar-refractivity contribution in [2.75, 3.05) is 47.9 Å². The summed E-state index contributed by atoms with van der Waals surface area (Å²) in [6.45, 7) is 6.53. The molecular weight excluding hydrogens is 504 g/mol. The molecule has 3 aliphatic carbocycles. The van der Waals surface area contributed by atoms with E-state index >= 15 is 0 Å². The first kappa shape index (κ1) is 29.3. The Kier molecular flexibility index (Phi) is 8.04. The van der Waals surface area contributed by atoms with E-state index in [1.807, 2.05) is 39.9 Å². The highest BCUT2D eigenvalue weighted by molar-refractivity contribution is 6.13. The van der Waals surface area contributed by atoms with Crippen LogP contribution >= 0.6 is 0 Å². The number of rotatable bonds is 8. The third-order valence-corrected chi connectivity index (χ3v) is 9.12. The number of hydrogen-bond donors (Lipinski definition) is 2. The molecular formula is C29H42N2O8. The van der Waals surface area contributed by atoms with Crippen molar-refractivity contribution in [3.63, 3.8) is 0 Å². The maximum Gasteiger partial charge on any atom is 0.340 e. The quantitative estimate of drug-likeness (QED) is 0.345. The summed E-state index contributed by atoms with van der Waals surface area (Å²) in [4.78, 5) is 43.6. The molecule has 4 rings (SSSR count). The van der Waals surface area contributed by atoms with Crippen molar-refractivity contribution in [2.45, 2.75) is 64.8 Å². The SMILES string of the molecule is COC[C@H]1OC(=O)C(=CN(C)CCCN(C)C)C2=C(O)C(=O)C3=C([C@H](OC(C)=O)C[C@]4(C)[C@@H](O)CC[C@@H]34)[C@]21C. The van der Waals surface area contributed by atoms with E-state index in [2.05, 4.69) is 4.90 Å². The Morgan fingerprint density at radius 1 is 1.18 bits per heavy atom. The van der Waals surface area contributed by atoms with Crippen LogP contribution in [0.5, 0.6) is 0 Å². The Morgan fingerprint density at radius 2 is 1.87 bits per heavy atom. The summed E-state index contributed by atoms with van der Waals surface area (Å²) in [7, 11) is 7.29. The van der Waals surface area contributed by atoms with Crippen LogP contribution in [0.1, 0.15) is 46.5 Å². The van der Waals surface area contributed by atoms with Crippen LogP contribution in [-0.2, 0) is 28.6 Å². The van der Waals surface area contributed by atoms with Crippen LogP contribution in [0, 0.1) is 16.7 Å². The fourth-order valence-corrected chi connectivity index (χ4v) is 7.19. The van der Waals surface area contributed by atoms with Gasteiger partial charge >= 0.3 is 11.9 Å². The van der Waals surface area contributed by atoms with Gasteiger partial charge in [0.15, 0.2) is 5.76 Å². The molecule has 1 saturated heterocycles. The van der Waals surface area contributed by atoms with E-state index in [4.69, 9.17) is 14.2 Å². The van der Waals surface area contributed by atoms with Gasteiger partial charge in [-0.1, -0.05) is 6.92 Å². The predicted molar refractivity (Wildman–Crippen MR) is 142 cm³/mol. The number of nitrogens with zero attached hydrogens (tertiary/aromatic N) is 2. The zero-order valence-electron chi connectivity index (χ0n) is 24.1. The van der Waals surface area contributed by atoms with Crippen molar-refractivity contribution in [3.05, 3.63) is 34.3 Å². The molecule has 1 heterocycles. The van der Waals surface area contributed by atoms with Crippen molar-refractivity contribution in [2.24, 2.45) is 16.7 Å². The van der Waals surface area contributed by atoms with Gasteiger partial charge in [-0.15, -0.1) is 0 Å². The number of ketones is 1. The molecule has 0 radical (unpaired) electrons. The molecule has 10 heteroatoms. The minimum absolute atomic E-state index is 0.00724. The van der Waals surface area contributed by atoms with E-state index in [9.17, 15) is 24.6 Å². The van der Waals surface area contributed by atoms with Crippen LogP contribution < -0.4 is 0 Å². The molecule has 6 atom stereocenters. The Hall–Kier alpha value is -2.69. The number of methoxy groups -OCH3 is 1. The third-order valence-electron chi connectivity index (χ3n) is 9.12. The van der Waals surface area contributed by atoms with Crippen LogP contribution in [0.4, 0.5) is 0 Å². The molecule has 216 valence electrons. The molecule has 0 aromatic heterocycles. The van der Waals surface area contributed by atoms with Gasteiger partial charge in [-0.05, 0) is 64.7 Å². The molecule has 0 amide bonds. The summed E-state index contributed by atoms with van der Waals surface area (Å²) >= 11 is 0. The molecule has 2 N–H and O–H groups in total. The smallest absolute Gasteiger partial charge is 0.340 e. The van der Waals surface area contributed by atoms with E-state index in [1.54, 1.807) is 6.20 Å². The topological polar surface area (TPSA) is 126 Å². The number of hydrogen-bond acceptors (Lipinski definition) is 10. The van der Waals surface area contributed by atoms with Gasteiger partial charge in [0, 0.05) is 50.4 Å². The summed E-state index contributed by atoms with van der Waals surface area (Å²) in [5, 5.41) is 22.5. The Labute approximate surface area is 230 Å². The second-order valence-corrected chi connectivity index (χ2v) is 12.1. The monoisotopic (exact) mass is 546 g/mol. The lowest BCUT2D eigenvalue weighted by molar-refractivity contribution is -0.161. The maximum atomic E-state index is 14.0. The number of carbonyl (C=O) groups excluding carboxylic acids is 3. The normalized spacial score (nSPS) is 35.2. The lowest BCUT2D eigenvalue weighted by atomic mass is 9.53. The van der Waals surface area contributed by atoms with E-state index in [0.717, 1.165) is 13.0 Å². The van der Waals surface area contributed by atoms with Crippen LogP contribution in [0.3, 0.4) is 0 Å². The molecule has 39 heavy (non-hydrogen) atoms. The van der Waals surface area contributed by atoms with Crippen molar-refractivity contribution < 1.29 is 38.8 Å². The molecule has 0 aromatic carbocycles. The van der Waals surface area contributed by atoms with Gasteiger partial charge < -0.3 is 34.2 Å². The summed E-state index contributed by atoms with van der Waals surface area (Å²) < 4.78 is 17.2. The second-order valence-electron chi connectivity index (χ2n) is 12.1. The first-order valence-corrected chi connectivity index (χ1v) is 13.6. The Bertz CT molecular complexity index is 1140. The molecule has 1 saturated carbocycles. The highest BCUT2D eigenvalue weighted by atomic mass is 16.6. The summed E-state index contributed by atoms with van der Waals surface area (Å²) in [5.74, 6) is -2.62. The summed E-state index contributed by atoms with van der Waals surface area (Å²) in [5.41, 5.74) is -0.770. The Balaban J connectivity index is 1.91.